The van der Waals surface area contributed by atoms with Gasteiger partial charge in [-0.05, 0) is 0 Å². The summed E-state index contributed by atoms with van der Waals surface area (Å²) in [6, 6.07) is 0. The Morgan fingerprint density at radius 2 is 1.33 bits per heavy atom. The molecule has 0 rings (SSSR count). The molecule has 0 aromatic carbocycles. The van der Waals surface area contributed by atoms with Crippen molar-refractivity contribution < 1.29 is 64.4 Å². The maximum absolute atomic E-state index is 9.43. The first-order chi connectivity index (χ1) is 4.86. The van der Waals surface area contributed by atoms with Crippen LogP contribution in [0.5, 0.6) is 0 Å². The maximum Gasteiger partial charge on any atom is 1.00 e. The van der Waals surface area contributed by atoms with Gasteiger partial charge in [-0.3, -0.25) is 9.59 Å². The second kappa shape index (κ2) is 10.9. The van der Waals surface area contributed by atoms with E-state index >= 15 is 0 Å². The van der Waals surface area contributed by atoms with Gasteiger partial charge in [0.15, 0.2) is 0 Å². The van der Waals surface area contributed by atoms with E-state index in [0.29, 0.717) is 0 Å². The van der Waals surface area contributed by atoms with Crippen LogP contribution in [0.2, 0.25) is 0 Å². The van der Waals surface area contributed by atoms with Crippen molar-refractivity contribution in [2.75, 3.05) is 0 Å². The van der Waals surface area contributed by atoms with Crippen LogP contribution < -0.4 is 34.6 Å². The van der Waals surface area contributed by atoms with E-state index in [1.165, 1.54) is 0 Å². The van der Waals surface area contributed by atoms with Crippen LogP contribution in [0.25, 0.3) is 0 Å². The normalized spacial score (nSPS) is 6.92. The molecule has 0 radical (unpaired) electrons. The zero-order valence-electron chi connectivity index (χ0n) is 6.30. The van der Waals surface area contributed by atoms with Crippen LogP contribution in [-0.2, 0) is 9.59 Å². The third kappa shape index (κ3) is 51.7. The first-order valence-corrected chi connectivity index (χ1v) is 2.31. The fourth-order valence-corrected chi connectivity index (χ4v) is 0.129. The number of carbonyl (C=O) groups is 2. The molecular weight excluding hydrogens is 182 g/mol. The number of hydrogen-bond acceptors (Lipinski definition) is 5. The fourth-order valence-electron chi connectivity index (χ4n) is 0.129. The minimum absolute atomic E-state index is 0. The molecule has 0 aliphatic rings. The number of carboxylic acid groups (broad SMARTS) is 2. The minimum Gasteiger partial charge on any atom is -0.832 e. The molecule has 0 heterocycles. The summed E-state index contributed by atoms with van der Waals surface area (Å²) < 4.78 is 0. The molecule has 9 heteroatoms. The molecule has 0 saturated heterocycles. The molecule has 0 spiro atoms. The molecule has 0 aliphatic carbocycles. The third-order valence-corrected chi connectivity index (χ3v) is 0.302. The van der Waals surface area contributed by atoms with Crippen LogP contribution >= 0.6 is 0 Å². The monoisotopic (exact) mass is 188 g/mol. The van der Waals surface area contributed by atoms with Crippen LogP contribution in [0.4, 0.5) is 0 Å². The summed E-state index contributed by atoms with van der Waals surface area (Å²) in [6.45, 7) is 0. The third-order valence-electron chi connectivity index (χ3n) is 0.302. The second-order valence-electron chi connectivity index (χ2n) is 1.29. The van der Waals surface area contributed by atoms with Crippen molar-refractivity contribution in [3.8, 4) is 0 Å². The van der Waals surface area contributed by atoms with Gasteiger partial charge in [0.2, 0.25) is 0 Å². The number of carboxylic acids is 2. The average molecular weight is 188 g/mol. The quantitative estimate of drug-likeness (QED) is 0.249. The predicted molar refractivity (Wildman–Crippen MR) is 30.1 cm³/mol. The number of aliphatic carboxylic acids is 2. The Labute approximate surface area is 90.1 Å². The van der Waals surface area contributed by atoms with E-state index in [4.69, 9.17) is 25.3 Å². The van der Waals surface area contributed by atoms with Crippen molar-refractivity contribution >= 4 is 19.3 Å². The SMILES string of the molecule is O=C(O)CC(=O)O.[Na+].[O-]B(O)O. The largest absolute Gasteiger partial charge is 1.00 e. The Balaban J connectivity index is -0.000000142. The summed E-state index contributed by atoms with van der Waals surface area (Å²) >= 11 is 0. The molecule has 64 valence electrons. The molecule has 0 atom stereocenters. The van der Waals surface area contributed by atoms with Crippen LogP contribution in [0.3, 0.4) is 0 Å². The van der Waals surface area contributed by atoms with Crippen molar-refractivity contribution in [2.24, 2.45) is 0 Å². The molecule has 0 amide bonds. The van der Waals surface area contributed by atoms with E-state index in [-0.39, 0.29) is 29.6 Å². The van der Waals surface area contributed by atoms with Gasteiger partial charge in [-0.25, -0.2) is 0 Å². The van der Waals surface area contributed by atoms with E-state index in [9.17, 15) is 9.59 Å². The summed E-state index contributed by atoms with van der Waals surface area (Å²) in [7, 11) is -2.42. The molecule has 4 N–H and O–H groups in total. The predicted octanol–water partition coefficient (Wildman–Crippen LogP) is -6.13. The molecule has 0 saturated carbocycles. The van der Waals surface area contributed by atoms with E-state index in [0.717, 1.165) is 0 Å². The first kappa shape index (κ1) is 17.8. The van der Waals surface area contributed by atoms with Gasteiger partial charge in [0, 0.05) is 0 Å². The second-order valence-corrected chi connectivity index (χ2v) is 1.29. The van der Waals surface area contributed by atoms with Gasteiger partial charge in [0.1, 0.15) is 6.42 Å². The summed E-state index contributed by atoms with van der Waals surface area (Å²) in [5.74, 6) is -2.62. The Hall–Kier alpha value is -0.115. The van der Waals surface area contributed by atoms with Crippen molar-refractivity contribution in [3.63, 3.8) is 0 Å². The standard InChI is InChI=1S/C3H4O4.BH2O3.Na/c4-2(5)1-3(6)7;2-1(3)4;/h1H2,(H,4,5)(H,6,7);2-3H;/q;-1;+1. The molecule has 0 bridgehead atoms. The topological polar surface area (TPSA) is 138 Å². The summed E-state index contributed by atoms with van der Waals surface area (Å²) in [5.41, 5.74) is 0. The van der Waals surface area contributed by atoms with Gasteiger partial charge in [0.25, 0.3) is 0 Å². The number of rotatable bonds is 2. The van der Waals surface area contributed by atoms with E-state index < -0.39 is 25.7 Å². The van der Waals surface area contributed by atoms with Gasteiger partial charge in [-0.2, -0.15) is 0 Å². The minimum atomic E-state index is -2.42. The van der Waals surface area contributed by atoms with Gasteiger partial charge in [-0.15, -0.1) is 0 Å². The molecular formula is C3H6BNaO7. The van der Waals surface area contributed by atoms with Crippen molar-refractivity contribution in [1.29, 1.82) is 0 Å². The van der Waals surface area contributed by atoms with E-state index in [1.807, 2.05) is 0 Å². The van der Waals surface area contributed by atoms with Crippen molar-refractivity contribution in [2.45, 2.75) is 6.42 Å². The molecule has 0 aromatic heterocycles. The molecule has 12 heavy (non-hydrogen) atoms. The molecule has 0 unspecified atom stereocenters. The Bertz CT molecular complexity index is 122. The molecule has 7 nitrogen and oxygen atoms in total. The maximum atomic E-state index is 9.43. The van der Waals surface area contributed by atoms with E-state index in [2.05, 4.69) is 0 Å². The summed E-state index contributed by atoms with van der Waals surface area (Å²) in [6.07, 6.45) is -0.806. The Morgan fingerprint density at radius 3 is 1.33 bits per heavy atom. The van der Waals surface area contributed by atoms with Crippen LogP contribution in [0, 0.1) is 0 Å². The zero-order chi connectivity index (χ0) is 9.44. The van der Waals surface area contributed by atoms with Crippen LogP contribution in [0.1, 0.15) is 6.42 Å². The van der Waals surface area contributed by atoms with Crippen LogP contribution in [0.15, 0.2) is 0 Å². The van der Waals surface area contributed by atoms with E-state index in [1.54, 1.807) is 0 Å². The van der Waals surface area contributed by atoms with Gasteiger partial charge in [0.05, 0.1) is 0 Å². The first-order valence-electron chi connectivity index (χ1n) is 2.31. The average Bonchev–Trinajstić information content (AvgIpc) is 1.56. The summed E-state index contributed by atoms with van der Waals surface area (Å²) in [4.78, 5) is 18.9. The Morgan fingerprint density at radius 1 is 1.17 bits per heavy atom. The van der Waals surface area contributed by atoms with Crippen LogP contribution in [-0.4, -0.2) is 39.5 Å². The van der Waals surface area contributed by atoms with Gasteiger partial charge in [-0.1, -0.05) is 0 Å². The fraction of sp³-hybridized carbons (Fsp3) is 0.333. The van der Waals surface area contributed by atoms with Crippen molar-refractivity contribution in [3.05, 3.63) is 0 Å². The zero-order valence-corrected chi connectivity index (χ0v) is 8.30. The number of hydrogen-bond donors (Lipinski definition) is 4. The van der Waals surface area contributed by atoms with Crippen molar-refractivity contribution in [1.82, 2.24) is 0 Å². The molecule has 0 aromatic rings. The molecule has 0 aliphatic heterocycles. The van der Waals surface area contributed by atoms with Gasteiger partial charge >= 0.3 is 48.8 Å². The Kier molecular flexibility index (Phi) is 16.2. The molecule has 0 fully saturated rings. The van der Waals surface area contributed by atoms with Gasteiger partial charge < -0.3 is 25.3 Å². The summed E-state index contributed by atoms with van der Waals surface area (Å²) in [5, 5.41) is 38.2. The smallest absolute Gasteiger partial charge is 0.832 e.